The van der Waals surface area contributed by atoms with Gasteiger partial charge in [0.2, 0.25) is 0 Å². The number of carbonyl (C=O) groups is 2. The molecule has 0 unspecified atom stereocenters. The Labute approximate surface area is 184 Å². The number of anilines is 1. The summed E-state index contributed by atoms with van der Waals surface area (Å²) in [6.45, 7) is 1.88. The maximum Gasteiger partial charge on any atom is 0.435 e. The van der Waals surface area contributed by atoms with Crippen LogP contribution in [0.4, 0.5) is 18.9 Å². The Morgan fingerprint density at radius 3 is 2.52 bits per heavy atom. The quantitative estimate of drug-likeness (QED) is 0.626. The third-order valence-corrected chi connectivity index (χ3v) is 4.86. The molecule has 0 spiro atoms. The molecular weight excluding hydrogens is 458 g/mol. The standard InChI is InChI=1S/C19H16Cl2F3N5O2/c1-9-6-10(20)7-11(17(30)25-2)15(9)27-18(31)13-8-14(19(22,23)24)28-29(13)16-12(21)4-3-5-26-16/h3-4,6-8,26H,5H2,1-2H3,(H,25,30)(H,27,31). The van der Waals surface area contributed by atoms with Crippen LogP contribution in [0, 0.1) is 6.92 Å². The fourth-order valence-electron chi connectivity index (χ4n) is 2.91. The molecule has 31 heavy (non-hydrogen) atoms. The molecule has 2 aromatic rings. The third-order valence-electron chi connectivity index (χ3n) is 4.33. The van der Waals surface area contributed by atoms with Gasteiger partial charge in [0.25, 0.3) is 11.8 Å². The van der Waals surface area contributed by atoms with Gasteiger partial charge in [-0.15, -0.1) is 0 Å². The summed E-state index contributed by atoms with van der Waals surface area (Å²) in [5, 5.41) is 11.6. The fourth-order valence-corrected chi connectivity index (χ4v) is 3.42. The Hall–Kier alpha value is -2.98. The highest BCUT2D eigenvalue weighted by molar-refractivity contribution is 6.33. The van der Waals surface area contributed by atoms with E-state index >= 15 is 0 Å². The van der Waals surface area contributed by atoms with Crippen LogP contribution >= 0.6 is 23.2 Å². The van der Waals surface area contributed by atoms with Crippen molar-refractivity contribution in [3.63, 3.8) is 0 Å². The Balaban J connectivity index is 2.10. The van der Waals surface area contributed by atoms with Gasteiger partial charge in [-0.1, -0.05) is 29.3 Å². The molecule has 0 aliphatic carbocycles. The Morgan fingerprint density at radius 1 is 1.19 bits per heavy atom. The van der Waals surface area contributed by atoms with Crippen LogP contribution in [0.15, 0.2) is 35.4 Å². The SMILES string of the molecule is CNC(=O)c1cc(Cl)cc(C)c1NC(=O)c1cc(C(F)(F)F)nn1C1=C(Cl)C=CCN1. The maximum atomic E-state index is 13.3. The van der Waals surface area contributed by atoms with E-state index in [4.69, 9.17) is 23.2 Å². The number of amides is 2. The van der Waals surface area contributed by atoms with Gasteiger partial charge in [0.15, 0.2) is 5.69 Å². The van der Waals surface area contributed by atoms with Gasteiger partial charge in [-0.25, -0.2) is 4.68 Å². The van der Waals surface area contributed by atoms with Gasteiger partial charge in [0, 0.05) is 24.7 Å². The van der Waals surface area contributed by atoms with Gasteiger partial charge in [0.1, 0.15) is 11.5 Å². The van der Waals surface area contributed by atoms with Crippen molar-refractivity contribution in [1.82, 2.24) is 20.4 Å². The number of hydrogen-bond donors (Lipinski definition) is 3. The highest BCUT2D eigenvalue weighted by Gasteiger charge is 2.37. The molecule has 2 amide bonds. The highest BCUT2D eigenvalue weighted by Crippen LogP contribution is 2.31. The summed E-state index contributed by atoms with van der Waals surface area (Å²) < 4.78 is 40.7. The summed E-state index contributed by atoms with van der Waals surface area (Å²) in [7, 11) is 1.39. The molecule has 1 aromatic heterocycles. The number of halogens is 5. The molecule has 1 aliphatic heterocycles. The minimum Gasteiger partial charge on any atom is -0.365 e. The topological polar surface area (TPSA) is 88.1 Å². The zero-order valence-electron chi connectivity index (χ0n) is 16.2. The van der Waals surface area contributed by atoms with Crippen LogP contribution in [0.3, 0.4) is 0 Å². The number of alkyl halides is 3. The van der Waals surface area contributed by atoms with Crippen molar-refractivity contribution in [1.29, 1.82) is 0 Å². The molecule has 0 saturated heterocycles. The number of aromatic nitrogens is 2. The van der Waals surface area contributed by atoms with Gasteiger partial charge in [0.05, 0.1) is 16.3 Å². The normalized spacial score (nSPS) is 13.8. The van der Waals surface area contributed by atoms with Crippen LogP contribution in [0.5, 0.6) is 0 Å². The van der Waals surface area contributed by atoms with Gasteiger partial charge in [-0.2, -0.15) is 18.3 Å². The van der Waals surface area contributed by atoms with Crippen molar-refractivity contribution in [2.45, 2.75) is 13.1 Å². The molecule has 1 aromatic carbocycles. The molecule has 12 heteroatoms. The molecule has 164 valence electrons. The average molecular weight is 474 g/mol. The van der Waals surface area contributed by atoms with Crippen LogP contribution in [0.1, 0.15) is 32.1 Å². The largest absolute Gasteiger partial charge is 0.435 e. The van der Waals surface area contributed by atoms with E-state index in [1.807, 2.05) is 0 Å². The Bertz CT molecular complexity index is 1120. The first-order chi connectivity index (χ1) is 14.5. The number of hydrogen-bond acceptors (Lipinski definition) is 4. The summed E-state index contributed by atoms with van der Waals surface area (Å²) in [5.41, 5.74) is -1.10. The first kappa shape index (κ1) is 22.7. The van der Waals surface area contributed by atoms with Crippen molar-refractivity contribution in [2.75, 3.05) is 18.9 Å². The van der Waals surface area contributed by atoms with Crippen LogP contribution in [0.25, 0.3) is 5.82 Å². The van der Waals surface area contributed by atoms with Crippen LogP contribution in [-0.2, 0) is 6.18 Å². The fraction of sp³-hybridized carbons (Fsp3) is 0.211. The molecule has 7 nitrogen and oxygen atoms in total. The van der Waals surface area contributed by atoms with E-state index in [-0.39, 0.29) is 33.7 Å². The van der Waals surface area contributed by atoms with E-state index in [9.17, 15) is 22.8 Å². The van der Waals surface area contributed by atoms with E-state index in [2.05, 4.69) is 21.0 Å². The van der Waals surface area contributed by atoms with E-state index in [0.717, 1.165) is 4.68 Å². The molecule has 0 bridgehead atoms. The summed E-state index contributed by atoms with van der Waals surface area (Å²) in [6, 6.07) is 3.46. The lowest BCUT2D eigenvalue weighted by Crippen LogP contribution is -2.27. The second-order valence-corrected chi connectivity index (χ2v) is 7.33. The number of nitrogens with one attached hydrogen (secondary N) is 3. The van der Waals surface area contributed by atoms with Gasteiger partial charge < -0.3 is 16.0 Å². The molecule has 0 fully saturated rings. The smallest absolute Gasteiger partial charge is 0.365 e. The predicted molar refractivity (Wildman–Crippen MR) is 111 cm³/mol. The lowest BCUT2D eigenvalue weighted by atomic mass is 10.1. The second-order valence-electron chi connectivity index (χ2n) is 6.48. The van der Waals surface area contributed by atoms with Crippen molar-refractivity contribution >= 4 is 46.5 Å². The van der Waals surface area contributed by atoms with E-state index < -0.39 is 29.4 Å². The van der Waals surface area contributed by atoms with Crippen LogP contribution < -0.4 is 16.0 Å². The third kappa shape index (κ3) is 4.70. The summed E-state index contributed by atoms with van der Waals surface area (Å²) in [5.74, 6) is -1.44. The summed E-state index contributed by atoms with van der Waals surface area (Å²) in [4.78, 5) is 25.2. The monoisotopic (exact) mass is 473 g/mol. The number of benzene rings is 1. The lowest BCUT2D eigenvalue weighted by molar-refractivity contribution is -0.141. The summed E-state index contributed by atoms with van der Waals surface area (Å²) in [6.07, 6.45) is -1.65. The number of allylic oxidation sites excluding steroid dienone is 2. The van der Waals surface area contributed by atoms with Gasteiger partial charge in [-0.05, 0) is 30.7 Å². The molecule has 1 aliphatic rings. The Morgan fingerprint density at radius 2 is 1.90 bits per heavy atom. The molecule has 0 atom stereocenters. The minimum absolute atomic E-state index is 0.0177. The van der Waals surface area contributed by atoms with Crippen LogP contribution in [0.2, 0.25) is 5.02 Å². The van der Waals surface area contributed by atoms with Gasteiger partial charge >= 0.3 is 6.18 Å². The number of dihydropyridines is 1. The number of aryl methyl sites for hydroxylation is 1. The Kier molecular flexibility index (Phi) is 6.33. The maximum absolute atomic E-state index is 13.3. The zero-order chi connectivity index (χ0) is 22.9. The average Bonchev–Trinajstić information content (AvgIpc) is 3.15. The molecule has 3 N–H and O–H groups in total. The molecule has 2 heterocycles. The van der Waals surface area contributed by atoms with Crippen molar-refractivity contribution in [2.24, 2.45) is 0 Å². The highest BCUT2D eigenvalue weighted by atomic mass is 35.5. The van der Waals surface area contributed by atoms with Gasteiger partial charge in [-0.3, -0.25) is 9.59 Å². The number of carbonyl (C=O) groups excluding carboxylic acids is 2. The van der Waals surface area contributed by atoms with E-state index in [1.54, 1.807) is 13.0 Å². The first-order valence-electron chi connectivity index (χ1n) is 8.84. The van der Waals surface area contributed by atoms with E-state index in [1.165, 1.54) is 25.3 Å². The van der Waals surface area contributed by atoms with E-state index in [0.29, 0.717) is 11.6 Å². The minimum atomic E-state index is -4.79. The first-order valence-corrected chi connectivity index (χ1v) is 9.60. The predicted octanol–water partition coefficient (Wildman–Crippen LogP) is 4.00. The number of nitrogens with zero attached hydrogens (tertiary/aromatic N) is 2. The molecular formula is C19H16Cl2F3N5O2. The van der Waals surface area contributed by atoms with Crippen molar-refractivity contribution in [3.05, 3.63) is 62.9 Å². The lowest BCUT2D eigenvalue weighted by Gasteiger charge is -2.18. The zero-order valence-corrected chi connectivity index (χ0v) is 17.7. The molecule has 0 radical (unpaired) electrons. The van der Waals surface area contributed by atoms with Crippen LogP contribution in [-0.4, -0.2) is 35.2 Å². The molecule has 3 rings (SSSR count). The van der Waals surface area contributed by atoms with Crippen molar-refractivity contribution < 1.29 is 22.8 Å². The van der Waals surface area contributed by atoms with Crippen molar-refractivity contribution in [3.8, 4) is 0 Å². The summed E-state index contributed by atoms with van der Waals surface area (Å²) >= 11 is 12.1. The second kappa shape index (κ2) is 8.64. The number of rotatable bonds is 4. The molecule has 0 saturated carbocycles.